The van der Waals surface area contributed by atoms with Crippen LogP contribution in [0, 0.1) is 0 Å². The van der Waals surface area contributed by atoms with Gasteiger partial charge in [0.25, 0.3) is 0 Å². The summed E-state index contributed by atoms with van der Waals surface area (Å²) >= 11 is 0. The van der Waals surface area contributed by atoms with Crippen LogP contribution in [-0.4, -0.2) is 84.8 Å². The normalized spacial score (nSPS) is 11.5. The number of rotatable bonds is 23. The predicted molar refractivity (Wildman–Crippen MR) is 146 cm³/mol. The quantitative estimate of drug-likeness (QED) is 0.155. The Morgan fingerprint density at radius 2 is 1.33 bits per heavy atom. The van der Waals surface area contributed by atoms with Crippen LogP contribution in [0.3, 0.4) is 0 Å². The Balaban J connectivity index is 2.50. The Bertz CT molecular complexity index is 613. The van der Waals surface area contributed by atoms with Crippen molar-refractivity contribution < 1.29 is 24.5 Å². The molecule has 0 bridgehead atoms. The first kappa shape index (κ1) is 32.4. The molecule has 0 aliphatic rings. The molecule has 36 heavy (non-hydrogen) atoms. The third kappa shape index (κ3) is 16.9. The van der Waals surface area contributed by atoms with E-state index in [-0.39, 0.29) is 19.3 Å². The first-order valence-corrected chi connectivity index (χ1v) is 14.2. The van der Waals surface area contributed by atoms with E-state index in [9.17, 15) is 4.79 Å². The van der Waals surface area contributed by atoms with E-state index in [0.717, 1.165) is 96.9 Å². The van der Waals surface area contributed by atoms with Crippen LogP contribution in [0.2, 0.25) is 0 Å². The number of ether oxygens (including phenoxy) is 2. The SMILES string of the molecule is CCN(CC)CCN(CCOC(=O)OC(CCCCCCO)CCCCCCO)Cc1ccccc1. The van der Waals surface area contributed by atoms with Gasteiger partial charge >= 0.3 is 6.16 Å². The van der Waals surface area contributed by atoms with E-state index in [4.69, 9.17) is 19.7 Å². The van der Waals surface area contributed by atoms with Crippen LogP contribution in [-0.2, 0) is 16.0 Å². The van der Waals surface area contributed by atoms with Gasteiger partial charge in [0.05, 0.1) is 0 Å². The lowest BCUT2D eigenvalue weighted by Gasteiger charge is -2.26. The summed E-state index contributed by atoms with van der Waals surface area (Å²) in [5.41, 5.74) is 1.25. The number of carbonyl (C=O) groups excluding carboxylic acids is 1. The molecule has 0 aromatic heterocycles. The standard InChI is InChI=1S/C29H52N2O5/c1-3-30(4-2)20-21-31(26-27-16-10-9-11-17-27)22-25-35-29(34)36-28(18-12-5-7-14-23-32)19-13-6-8-15-24-33/h9-11,16-17,28,32-33H,3-8,12-15,18-26H2,1-2H3. The molecule has 7 heteroatoms. The fourth-order valence-corrected chi connectivity index (χ4v) is 4.30. The molecule has 0 heterocycles. The van der Waals surface area contributed by atoms with Crippen LogP contribution >= 0.6 is 0 Å². The maximum absolute atomic E-state index is 12.5. The number of aliphatic hydroxyl groups excluding tert-OH is 2. The molecule has 208 valence electrons. The van der Waals surface area contributed by atoms with Gasteiger partial charge in [0.2, 0.25) is 0 Å². The second kappa shape index (κ2) is 22.5. The Labute approximate surface area is 219 Å². The van der Waals surface area contributed by atoms with Gasteiger partial charge in [-0.15, -0.1) is 0 Å². The zero-order valence-electron chi connectivity index (χ0n) is 22.9. The fourth-order valence-electron chi connectivity index (χ4n) is 4.30. The number of unbranched alkanes of at least 4 members (excludes halogenated alkanes) is 6. The summed E-state index contributed by atoms with van der Waals surface area (Å²) in [7, 11) is 0. The van der Waals surface area contributed by atoms with E-state index < -0.39 is 6.16 Å². The summed E-state index contributed by atoms with van der Waals surface area (Å²) < 4.78 is 11.2. The smallest absolute Gasteiger partial charge is 0.433 e. The number of hydrogen-bond donors (Lipinski definition) is 2. The van der Waals surface area contributed by atoms with Gasteiger partial charge in [-0.05, 0) is 57.2 Å². The molecule has 0 spiro atoms. The van der Waals surface area contributed by atoms with Crippen molar-refractivity contribution in [3.05, 3.63) is 35.9 Å². The minimum atomic E-state index is -0.575. The van der Waals surface area contributed by atoms with E-state index in [2.05, 4.69) is 47.9 Å². The molecule has 0 fully saturated rings. The number of hydrogen-bond acceptors (Lipinski definition) is 7. The largest absolute Gasteiger partial charge is 0.508 e. The Kier molecular flexibility index (Phi) is 20.2. The summed E-state index contributed by atoms with van der Waals surface area (Å²) in [5, 5.41) is 17.9. The summed E-state index contributed by atoms with van der Waals surface area (Å²) in [6.07, 6.45) is 8.58. The highest BCUT2D eigenvalue weighted by molar-refractivity contribution is 5.60. The Morgan fingerprint density at radius 1 is 0.778 bits per heavy atom. The summed E-state index contributed by atoms with van der Waals surface area (Å²) in [4.78, 5) is 17.2. The molecule has 0 saturated heterocycles. The molecule has 0 atom stereocenters. The maximum Gasteiger partial charge on any atom is 0.508 e. The highest BCUT2D eigenvalue weighted by Gasteiger charge is 2.16. The lowest BCUT2D eigenvalue weighted by molar-refractivity contribution is 0.0112. The van der Waals surface area contributed by atoms with E-state index in [1.165, 1.54) is 5.56 Å². The summed E-state index contributed by atoms with van der Waals surface area (Å²) in [5.74, 6) is 0. The van der Waals surface area contributed by atoms with Crippen LogP contribution in [0.25, 0.3) is 0 Å². The van der Waals surface area contributed by atoms with Crippen molar-refractivity contribution >= 4 is 6.16 Å². The van der Waals surface area contributed by atoms with Crippen LogP contribution in [0.4, 0.5) is 4.79 Å². The van der Waals surface area contributed by atoms with E-state index in [0.29, 0.717) is 13.2 Å². The minimum absolute atomic E-state index is 0.135. The van der Waals surface area contributed by atoms with Crippen molar-refractivity contribution in [2.24, 2.45) is 0 Å². The van der Waals surface area contributed by atoms with Crippen molar-refractivity contribution in [2.45, 2.75) is 90.7 Å². The number of aliphatic hydroxyl groups is 2. The van der Waals surface area contributed by atoms with Gasteiger partial charge in [-0.2, -0.15) is 0 Å². The lowest BCUT2D eigenvalue weighted by atomic mass is 10.0. The molecule has 0 radical (unpaired) electrons. The van der Waals surface area contributed by atoms with Gasteiger partial charge in [-0.25, -0.2) is 4.79 Å². The highest BCUT2D eigenvalue weighted by Crippen LogP contribution is 2.16. The van der Waals surface area contributed by atoms with Gasteiger partial charge in [0.1, 0.15) is 12.7 Å². The molecule has 1 aromatic carbocycles. The monoisotopic (exact) mass is 508 g/mol. The minimum Gasteiger partial charge on any atom is -0.433 e. The number of nitrogens with zero attached hydrogens (tertiary/aromatic N) is 2. The van der Waals surface area contributed by atoms with Crippen LogP contribution in [0.5, 0.6) is 0 Å². The van der Waals surface area contributed by atoms with Gasteiger partial charge in [0.15, 0.2) is 0 Å². The van der Waals surface area contributed by atoms with E-state index in [1.807, 2.05) is 6.07 Å². The lowest BCUT2D eigenvalue weighted by Crippen LogP contribution is -2.36. The molecular formula is C29H52N2O5. The highest BCUT2D eigenvalue weighted by atomic mass is 16.7. The maximum atomic E-state index is 12.5. The van der Waals surface area contributed by atoms with Gasteiger partial charge in [0, 0.05) is 39.4 Å². The molecule has 0 amide bonds. The molecule has 1 rings (SSSR count). The zero-order valence-corrected chi connectivity index (χ0v) is 22.9. The topological polar surface area (TPSA) is 82.5 Å². The van der Waals surface area contributed by atoms with Crippen LogP contribution in [0.1, 0.15) is 83.6 Å². The molecule has 2 N–H and O–H groups in total. The van der Waals surface area contributed by atoms with Crippen LogP contribution < -0.4 is 0 Å². The average Bonchev–Trinajstić information content (AvgIpc) is 2.89. The Morgan fingerprint density at radius 3 is 1.89 bits per heavy atom. The van der Waals surface area contributed by atoms with Gasteiger partial charge < -0.3 is 24.6 Å². The predicted octanol–water partition coefficient (Wildman–Crippen LogP) is 5.24. The third-order valence-electron chi connectivity index (χ3n) is 6.63. The molecule has 7 nitrogen and oxygen atoms in total. The van der Waals surface area contributed by atoms with Crippen molar-refractivity contribution in [2.75, 3.05) is 52.5 Å². The number of likely N-dealkylation sites (N-methyl/N-ethyl adjacent to an activating group) is 1. The number of benzene rings is 1. The molecule has 0 aliphatic heterocycles. The molecular weight excluding hydrogens is 456 g/mol. The van der Waals surface area contributed by atoms with Crippen molar-refractivity contribution in [1.82, 2.24) is 9.80 Å². The molecule has 0 unspecified atom stereocenters. The second-order valence-electron chi connectivity index (χ2n) is 9.48. The molecule has 1 aromatic rings. The zero-order chi connectivity index (χ0) is 26.3. The number of carbonyl (C=O) groups is 1. The van der Waals surface area contributed by atoms with E-state index >= 15 is 0 Å². The van der Waals surface area contributed by atoms with Crippen molar-refractivity contribution in [1.29, 1.82) is 0 Å². The first-order chi connectivity index (χ1) is 17.6. The molecule has 0 saturated carbocycles. The van der Waals surface area contributed by atoms with Crippen molar-refractivity contribution in [3.8, 4) is 0 Å². The van der Waals surface area contributed by atoms with Gasteiger partial charge in [-0.3, -0.25) is 4.90 Å². The Hall–Kier alpha value is -1.67. The third-order valence-corrected chi connectivity index (χ3v) is 6.63. The first-order valence-electron chi connectivity index (χ1n) is 14.2. The summed E-state index contributed by atoms with van der Waals surface area (Å²) in [6.45, 7) is 10.6. The van der Waals surface area contributed by atoms with E-state index in [1.54, 1.807) is 0 Å². The van der Waals surface area contributed by atoms with Gasteiger partial charge in [-0.1, -0.05) is 69.9 Å². The average molecular weight is 509 g/mol. The van der Waals surface area contributed by atoms with Crippen molar-refractivity contribution in [3.63, 3.8) is 0 Å². The molecule has 0 aliphatic carbocycles. The fraction of sp³-hybridized carbons (Fsp3) is 0.759. The summed E-state index contributed by atoms with van der Waals surface area (Å²) in [6, 6.07) is 10.4. The second-order valence-corrected chi connectivity index (χ2v) is 9.48. The van der Waals surface area contributed by atoms with Crippen LogP contribution in [0.15, 0.2) is 30.3 Å².